The average molecular weight is 257 g/mol. The zero-order valence-corrected chi connectivity index (χ0v) is 11.4. The van der Waals surface area contributed by atoms with Crippen LogP contribution in [0.4, 0.5) is 5.69 Å². The third-order valence-corrected chi connectivity index (χ3v) is 3.62. The predicted molar refractivity (Wildman–Crippen MR) is 76.2 cm³/mol. The first-order valence-electron chi connectivity index (χ1n) is 6.95. The van der Waals surface area contributed by atoms with E-state index >= 15 is 0 Å². The highest BCUT2D eigenvalue weighted by atomic mass is 16.1. The molecule has 4 nitrogen and oxygen atoms in total. The fourth-order valence-electron chi connectivity index (χ4n) is 2.45. The number of nitrogens with one attached hydrogen (secondary N) is 1. The van der Waals surface area contributed by atoms with Crippen molar-refractivity contribution < 1.29 is 4.79 Å². The van der Waals surface area contributed by atoms with Gasteiger partial charge in [-0.1, -0.05) is 6.92 Å². The van der Waals surface area contributed by atoms with Crippen molar-refractivity contribution in [1.82, 2.24) is 9.55 Å². The molecule has 2 aromatic rings. The second-order valence-electron chi connectivity index (χ2n) is 5.30. The summed E-state index contributed by atoms with van der Waals surface area (Å²) in [5, 5.41) is 2.92. The van der Waals surface area contributed by atoms with Crippen LogP contribution >= 0.6 is 0 Å². The minimum absolute atomic E-state index is 0.0696. The van der Waals surface area contributed by atoms with Gasteiger partial charge in [-0.15, -0.1) is 0 Å². The molecule has 1 aliphatic carbocycles. The average Bonchev–Trinajstić information content (AvgIpc) is 3.16. The van der Waals surface area contributed by atoms with E-state index in [0.717, 1.165) is 23.1 Å². The van der Waals surface area contributed by atoms with Crippen molar-refractivity contribution in [3.05, 3.63) is 24.0 Å². The van der Waals surface area contributed by atoms with Crippen LogP contribution in [0.25, 0.3) is 11.0 Å². The van der Waals surface area contributed by atoms with Crippen molar-refractivity contribution in [2.75, 3.05) is 5.32 Å². The summed E-state index contributed by atoms with van der Waals surface area (Å²) in [6.07, 6.45) is 3.92. The lowest BCUT2D eigenvalue weighted by Gasteiger charge is -2.04. The molecule has 1 aromatic carbocycles. The van der Waals surface area contributed by atoms with Crippen molar-refractivity contribution in [2.45, 2.75) is 38.5 Å². The summed E-state index contributed by atoms with van der Waals surface area (Å²) in [7, 11) is 2.07. The highest BCUT2D eigenvalue weighted by molar-refractivity contribution is 5.93. The van der Waals surface area contributed by atoms with Crippen LogP contribution in [0.5, 0.6) is 0 Å². The Hall–Kier alpha value is -1.84. The molecule has 0 atom stereocenters. The Balaban J connectivity index is 1.90. The number of benzene rings is 1. The maximum absolute atomic E-state index is 11.6. The summed E-state index contributed by atoms with van der Waals surface area (Å²) in [4.78, 5) is 16.3. The van der Waals surface area contributed by atoms with Crippen LogP contribution in [0.15, 0.2) is 18.2 Å². The van der Waals surface area contributed by atoms with E-state index in [0.29, 0.717) is 12.3 Å². The van der Waals surface area contributed by atoms with Gasteiger partial charge in [0.2, 0.25) is 5.91 Å². The summed E-state index contributed by atoms with van der Waals surface area (Å²) in [6.45, 7) is 2.00. The maximum Gasteiger partial charge on any atom is 0.224 e. The quantitative estimate of drug-likeness (QED) is 0.914. The van der Waals surface area contributed by atoms with Crippen LogP contribution < -0.4 is 5.32 Å². The van der Waals surface area contributed by atoms with E-state index in [1.807, 2.05) is 25.1 Å². The molecule has 19 heavy (non-hydrogen) atoms. The van der Waals surface area contributed by atoms with Gasteiger partial charge in [-0.25, -0.2) is 4.98 Å². The Kier molecular flexibility index (Phi) is 3.01. The van der Waals surface area contributed by atoms with E-state index < -0.39 is 0 Å². The molecule has 1 saturated carbocycles. The number of fused-ring (bicyclic) bond motifs is 1. The molecule has 100 valence electrons. The first-order valence-corrected chi connectivity index (χ1v) is 6.95. The lowest BCUT2D eigenvalue weighted by Crippen LogP contribution is -2.10. The molecule has 0 unspecified atom stereocenters. The van der Waals surface area contributed by atoms with Gasteiger partial charge in [0, 0.05) is 25.1 Å². The third-order valence-electron chi connectivity index (χ3n) is 3.62. The number of rotatable bonds is 4. The smallest absolute Gasteiger partial charge is 0.224 e. The molecule has 3 rings (SSSR count). The number of carbonyl (C=O) groups excluding carboxylic acids is 1. The number of anilines is 1. The normalized spacial score (nSPS) is 14.8. The highest BCUT2D eigenvalue weighted by Gasteiger charge is 2.28. The fourth-order valence-corrected chi connectivity index (χ4v) is 2.45. The zero-order chi connectivity index (χ0) is 13.4. The minimum atomic E-state index is 0.0696. The van der Waals surface area contributed by atoms with E-state index in [1.165, 1.54) is 18.7 Å². The Bertz CT molecular complexity index is 626. The van der Waals surface area contributed by atoms with Crippen LogP contribution in [0.2, 0.25) is 0 Å². The monoisotopic (exact) mass is 257 g/mol. The van der Waals surface area contributed by atoms with Crippen LogP contribution in [0.1, 0.15) is 44.3 Å². The molecule has 0 bridgehead atoms. The third kappa shape index (κ3) is 2.35. The van der Waals surface area contributed by atoms with Gasteiger partial charge in [-0.3, -0.25) is 4.79 Å². The number of aryl methyl sites for hydroxylation is 1. The van der Waals surface area contributed by atoms with Gasteiger partial charge in [0.05, 0.1) is 11.0 Å². The Morgan fingerprint density at radius 2 is 2.26 bits per heavy atom. The molecular weight excluding hydrogens is 238 g/mol. The Labute approximate surface area is 112 Å². The second kappa shape index (κ2) is 4.68. The maximum atomic E-state index is 11.6. The second-order valence-corrected chi connectivity index (χ2v) is 5.30. The van der Waals surface area contributed by atoms with E-state index in [2.05, 4.69) is 16.9 Å². The van der Waals surface area contributed by atoms with Gasteiger partial charge < -0.3 is 9.88 Å². The lowest BCUT2D eigenvalue weighted by molar-refractivity contribution is -0.116. The Morgan fingerprint density at radius 3 is 2.95 bits per heavy atom. The molecule has 0 saturated heterocycles. The van der Waals surface area contributed by atoms with Crippen molar-refractivity contribution in [1.29, 1.82) is 0 Å². The number of hydrogen-bond acceptors (Lipinski definition) is 2. The number of amides is 1. The van der Waals surface area contributed by atoms with Crippen LogP contribution in [0, 0.1) is 0 Å². The van der Waals surface area contributed by atoms with Gasteiger partial charge in [-0.05, 0) is 37.5 Å². The molecule has 1 aliphatic rings. The topological polar surface area (TPSA) is 46.9 Å². The van der Waals surface area contributed by atoms with Crippen molar-refractivity contribution >= 4 is 22.6 Å². The SMILES string of the molecule is CCCC(=O)Nc1ccc2c(c1)nc(C1CC1)n2C. The molecule has 0 radical (unpaired) electrons. The number of nitrogens with zero attached hydrogens (tertiary/aromatic N) is 2. The molecule has 1 aromatic heterocycles. The number of hydrogen-bond donors (Lipinski definition) is 1. The van der Waals surface area contributed by atoms with Crippen LogP contribution in [-0.2, 0) is 11.8 Å². The highest BCUT2D eigenvalue weighted by Crippen LogP contribution is 2.40. The lowest BCUT2D eigenvalue weighted by atomic mass is 10.2. The molecule has 4 heteroatoms. The minimum Gasteiger partial charge on any atom is -0.331 e. The first kappa shape index (κ1) is 12.2. The fraction of sp³-hybridized carbons (Fsp3) is 0.467. The van der Waals surface area contributed by atoms with Crippen LogP contribution in [-0.4, -0.2) is 15.5 Å². The van der Waals surface area contributed by atoms with E-state index in [-0.39, 0.29) is 5.91 Å². The molecular formula is C15H19N3O. The summed E-state index contributed by atoms with van der Waals surface area (Å²) >= 11 is 0. The van der Waals surface area contributed by atoms with Gasteiger partial charge in [0.25, 0.3) is 0 Å². The Morgan fingerprint density at radius 1 is 1.47 bits per heavy atom. The molecule has 1 N–H and O–H groups in total. The number of imidazole rings is 1. The molecule has 0 spiro atoms. The molecule has 1 amide bonds. The van der Waals surface area contributed by atoms with E-state index in [1.54, 1.807) is 0 Å². The van der Waals surface area contributed by atoms with Gasteiger partial charge in [0.15, 0.2) is 0 Å². The largest absolute Gasteiger partial charge is 0.331 e. The van der Waals surface area contributed by atoms with Crippen LogP contribution in [0.3, 0.4) is 0 Å². The predicted octanol–water partition coefficient (Wildman–Crippen LogP) is 3.19. The summed E-state index contributed by atoms with van der Waals surface area (Å²) in [5.41, 5.74) is 2.94. The first-order chi connectivity index (χ1) is 9.19. The molecule has 0 aliphatic heterocycles. The molecule has 1 heterocycles. The summed E-state index contributed by atoms with van der Waals surface area (Å²) in [6, 6.07) is 5.96. The number of carbonyl (C=O) groups is 1. The standard InChI is InChI=1S/C15H19N3O/c1-3-4-14(19)16-11-7-8-13-12(9-11)17-15(18(13)2)10-5-6-10/h7-10H,3-6H2,1-2H3,(H,16,19). The van der Waals surface area contributed by atoms with Crippen molar-refractivity contribution in [3.8, 4) is 0 Å². The summed E-state index contributed by atoms with van der Waals surface area (Å²) < 4.78 is 2.17. The van der Waals surface area contributed by atoms with Gasteiger partial charge in [-0.2, -0.15) is 0 Å². The molecule has 1 fully saturated rings. The van der Waals surface area contributed by atoms with Crippen molar-refractivity contribution in [3.63, 3.8) is 0 Å². The summed E-state index contributed by atoms with van der Waals surface area (Å²) in [5.74, 6) is 1.88. The van der Waals surface area contributed by atoms with Crippen molar-refractivity contribution in [2.24, 2.45) is 7.05 Å². The number of aromatic nitrogens is 2. The van der Waals surface area contributed by atoms with E-state index in [4.69, 9.17) is 4.98 Å². The zero-order valence-electron chi connectivity index (χ0n) is 11.4. The van der Waals surface area contributed by atoms with E-state index in [9.17, 15) is 4.79 Å². The van der Waals surface area contributed by atoms with Gasteiger partial charge in [0.1, 0.15) is 5.82 Å². The van der Waals surface area contributed by atoms with Gasteiger partial charge >= 0.3 is 0 Å².